The van der Waals surface area contributed by atoms with Crippen LogP contribution in [-0.4, -0.2) is 19.4 Å². The fourth-order valence-corrected chi connectivity index (χ4v) is 0.775. The first-order chi connectivity index (χ1) is 4.84. The van der Waals surface area contributed by atoms with Crippen LogP contribution in [0.4, 0.5) is 0 Å². The molecule has 1 heterocycles. The van der Waals surface area contributed by atoms with Crippen molar-refractivity contribution in [1.82, 2.24) is 4.98 Å². The van der Waals surface area contributed by atoms with Gasteiger partial charge in [0, 0.05) is 18.0 Å². The lowest BCUT2D eigenvalue weighted by atomic mass is 10.3. The van der Waals surface area contributed by atoms with Gasteiger partial charge >= 0.3 is 0 Å². The predicted octanol–water partition coefficient (Wildman–Crippen LogP) is 0.331. The van der Waals surface area contributed by atoms with Crippen molar-refractivity contribution in [3.63, 3.8) is 0 Å². The van der Waals surface area contributed by atoms with E-state index in [1.165, 1.54) is 12.4 Å². The number of aromatic nitrogens is 1. The van der Waals surface area contributed by atoms with Gasteiger partial charge in [0.05, 0.1) is 0 Å². The third-order valence-electron chi connectivity index (χ3n) is 1.01. The number of hydrogen-bond acceptors (Lipinski definition) is 2. The van der Waals surface area contributed by atoms with Gasteiger partial charge in [0.2, 0.25) is 0 Å². The number of rotatable bonds is 1. The Labute approximate surface area is 61.4 Å². The molecule has 1 aromatic heterocycles. The largest absolute Gasteiger partial charge is 0.349 e. The van der Waals surface area contributed by atoms with Crippen LogP contribution in [-0.2, 0) is 11.3 Å². The van der Waals surface area contributed by atoms with Gasteiger partial charge in [0.25, 0.3) is 0 Å². The smallest absolute Gasteiger partial charge is 0.174 e. The average molecular weight is 155 g/mol. The first-order valence-corrected chi connectivity index (χ1v) is 3.35. The first kappa shape index (κ1) is 7.11. The summed E-state index contributed by atoms with van der Waals surface area (Å²) in [5.41, 5.74) is 0.509. The first-order valence-electron chi connectivity index (χ1n) is 2.60. The van der Waals surface area contributed by atoms with Gasteiger partial charge in [0.15, 0.2) is 5.05 Å². The van der Waals surface area contributed by atoms with Crippen LogP contribution in [0.15, 0.2) is 24.5 Å². The summed E-state index contributed by atoms with van der Waals surface area (Å²) in [4.78, 5) is 3.73. The second-order valence-electron chi connectivity index (χ2n) is 1.62. The van der Waals surface area contributed by atoms with Gasteiger partial charge < -0.3 is 5.11 Å². The lowest BCUT2D eigenvalue weighted by molar-refractivity contribution is 0.568. The Hall–Kier alpha value is -1.00. The molecule has 3 nitrogen and oxygen atoms in total. The molecule has 4 heteroatoms. The van der Waals surface area contributed by atoms with Crippen molar-refractivity contribution < 1.29 is 9.32 Å². The van der Waals surface area contributed by atoms with Crippen LogP contribution in [0.3, 0.4) is 0 Å². The number of nitrogens with zero attached hydrogens (tertiary/aromatic N) is 1. The highest BCUT2D eigenvalue weighted by Crippen LogP contribution is 1.93. The highest BCUT2D eigenvalue weighted by Gasteiger charge is 1.94. The number of hydrogen-bond donors (Lipinski definition) is 1. The average Bonchev–Trinajstić information content (AvgIpc) is 2.05. The highest BCUT2D eigenvalue weighted by molar-refractivity contribution is 7.66. The van der Waals surface area contributed by atoms with E-state index in [0.29, 0.717) is 5.56 Å². The lowest BCUT2D eigenvalue weighted by Gasteiger charge is -1.90. The zero-order valence-electron chi connectivity index (χ0n) is 5.02. The van der Waals surface area contributed by atoms with E-state index in [1.807, 2.05) is 0 Å². The zero-order chi connectivity index (χ0) is 7.40. The Morgan fingerprint density at radius 3 is 2.60 bits per heavy atom. The molecule has 1 rings (SSSR count). The molecule has 0 saturated heterocycles. The molecule has 1 aromatic rings. The molecule has 0 unspecified atom stereocenters. The van der Waals surface area contributed by atoms with Crippen LogP contribution in [0.2, 0.25) is 0 Å². The Balaban J connectivity index is 3.08. The summed E-state index contributed by atoms with van der Waals surface area (Å²) in [6, 6.07) is 3.14. The van der Waals surface area contributed by atoms with Gasteiger partial charge in [-0.15, -0.1) is 0 Å². The molecule has 0 aliphatic heterocycles. The summed E-state index contributed by atoms with van der Waals surface area (Å²) in [5.74, 6) is 0. The second-order valence-corrected chi connectivity index (χ2v) is 2.18. The van der Waals surface area contributed by atoms with Crippen molar-refractivity contribution in [3.8, 4) is 0 Å². The Bertz CT molecular complexity index is 266. The molecule has 1 N–H and O–H groups in total. The summed E-state index contributed by atoms with van der Waals surface area (Å²) in [5, 5.41) is 8.65. The van der Waals surface area contributed by atoms with E-state index in [4.69, 9.17) is 5.11 Å². The van der Waals surface area contributed by atoms with E-state index in [9.17, 15) is 4.21 Å². The minimum atomic E-state index is -0.220. The van der Waals surface area contributed by atoms with Gasteiger partial charge in [-0.25, -0.2) is 4.21 Å². The van der Waals surface area contributed by atoms with E-state index in [1.54, 1.807) is 12.1 Å². The fraction of sp³-hybridized carbons (Fsp3) is 0. The second kappa shape index (κ2) is 3.24. The van der Waals surface area contributed by atoms with E-state index in [-0.39, 0.29) is 16.3 Å². The van der Waals surface area contributed by atoms with Gasteiger partial charge in [-0.2, -0.15) is 0 Å². The minimum Gasteiger partial charge on any atom is -0.349 e. The molecule has 0 saturated carbocycles. The third-order valence-corrected chi connectivity index (χ3v) is 1.40. The van der Waals surface area contributed by atoms with Crippen LogP contribution >= 0.6 is 0 Å². The van der Waals surface area contributed by atoms with Gasteiger partial charge in [-0.1, -0.05) is 0 Å². The molecule has 0 amide bonds. The molecule has 0 radical (unpaired) electrons. The maximum Gasteiger partial charge on any atom is 0.174 e. The zero-order valence-corrected chi connectivity index (χ0v) is 5.84. The minimum absolute atomic E-state index is 0.0723. The molecule has 0 aromatic carbocycles. The van der Waals surface area contributed by atoms with Crippen molar-refractivity contribution in [2.75, 3.05) is 0 Å². The number of aliphatic hydroxyl groups excluding tert-OH is 1. The standard InChI is InChI=1S/C6H5NO2S/c8-6(10-9)5-1-3-7-4-2-5/h1-4,8H. The van der Waals surface area contributed by atoms with E-state index in [2.05, 4.69) is 4.98 Å². The molecule has 0 spiro atoms. The summed E-state index contributed by atoms with van der Waals surface area (Å²) in [6.45, 7) is 0. The SMILES string of the molecule is O=S=C(O)c1ccncc1. The molecule has 10 heavy (non-hydrogen) atoms. The maximum absolute atomic E-state index is 10.0. The summed E-state index contributed by atoms with van der Waals surface area (Å²) in [7, 11) is 0. The molecule has 0 atom stereocenters. The predicted molar refractivity (Wildman–Crippen MR) is 39.1 cm³/mol. The van der Waals surface area contributed by atoms with Crippen LogP contribution in [0.1, 0.15) is 5.56 Å². The van der Waals surface area contributed by atoms with Crippen molar-refractivity contribution >= 4 is 16.3 Å². The Morgan fingerprint density at radius 2 is 2.10 bits per heavy atom. The lowest BCUT2D eigenvalue weighted by Crippen LogP contribution is -1.96. The van der Waals surface area contributed by atoms with Crippen molar-refractivity contribution in [3.05, 3.63) is 30.1 Å². The molecule has 52 valence electrons. The number of pyridine rings is 1. The van der Waals surface area contributed by atoms with Gasteiger partial charge in [0.1, 0.15) is 11.3 Å². The van der Waals surface area contributed by atoms with E-state index < -0.39 is 0 Å². The molecule has 0 fully saturated rings. The molecule has 0 aliphatic rings. The molecule has 0 bridgehead atoms. The van der Waals surface area contributed by atoms with E-state index in [0.717, 1.165) is 0 Å². The Kier molecular flexibility index (Phi) is 2.30. The topological polar surface area (TPSA) is 50.2 Å². The summed E-state index contributed by atoms with van der Waals surface area (Å²) in [6.07, 6.45) is 3.03. The van der Waals surface area contributed by atoms with Gasteiger partial charge in [-0.3, -0.25) is 4.98 Å². The van der Waals surface area contributed by atoms with Crippen LogP contribution in [0.5, 0.6) is 0 Å². The van der Waals surface area contributed by atoms with Crippen LogP contribution < -0.4 is 0 Å². The maximum atomic E-state index is 10.0. The molecular formula is C6H5NO2S. The molecule has 0 aliphatic carbocycles. The van der Waals surface area contributed by atoms with Crippen LogP contribution in [0, 0.1) is 0 Å². The normalized spacial score (nSPS) is 8.90. The van der Waals surface area contributed by atoms with Crippen LogP contribution in [0.25, 0.3) is 0 Å². The summed E-state index contributed by atoms with van der Waals surface area (Å²) >= 11 is 0.0723. The van der Waals surface area contributed by atoms with Gasteiger partial charge in [-0.05, 0) is 12.1 Å². The van der Waals surface area contributed by atoms with Crippen molar-refractivity contribution in [2.45, 2.75) is 0 Å². The summed E-state index contributed by atoms with van der Waals surface area (Å²) < 4.78 is 10.0. The molecular weight excluding hydrogens is 150 g/mol. The Morgan fingerprint density at radius 1 is 1.50 bits per heavy atom. The van der Waals surface area contributed by atoms with E-state index >= 15 is 0 Å². The quantitative estimate of drug-likeness (QED) is 0.594. The van der Waals surface area contributed by atoms with Crippen molar-refractivity contribution in [2.24, 2.45) is 0 Å². The monoisotopic (exact) mass is 155 g/mol. The fourth-order valence-electron chi connectivity index (χ4n) is 0.543. The third kappa shape index (κ3) is 1.49. The highest BCUT2D eigenvalue weighted by atomic mass is 32.1. The van der Waals surface area contributed by atoms with Crippen molar-refractivity contribution in [1.29, 1.82) is 0 Å². The number of aliphatic hydroxyl groups is 1.